The summed E-state index contributed by atoms with van der Waals surface area (Å²) in [5, 5.41) is 15.7. The Morgan fingerprint density at radius 1 is 1.14 bits per heavy atom. The zero-order chi connectivity index (χ0) is 26.5. The van der Waals surface area contributed by atoms with Crippen molar-refractivity contribution in [3.63, 3.8) is 0 Å². The largest absolute Gasteiger partial charge is 0.477 e. The molecule has 0 bridgehead atoms. The standard InChI is InChI=1S/C27H33N3O6/c1-18(7-8-19-9-11-23-24(13-19)36-17-35-23)28-29-25(31)15-34-22-12-10-20(14-21(22)30(32)33)27(5,6)16-26(2,3)4/h7-14H,15-17H2,1-6H3,(H,29,31). The molecule has 0 spiro atoms. The van der Waals surface area contributed by atoms with E-state index in [1.54, 1.807) is 19.1 Å². The number of nitro benzene ring substituents is 1. The molecular formula is C27H33N3O6. The zero-order valence-electron chi connectivity index (χ0n) is 21.6. The number of carbonyl (C=O) groups excluding carboxylic acids is 1. The first-order valence-electron chi connectivity index (χ1n) is 11.7. The monoisotopic (exact) mass is 495 g/mol. The summed E-state index contributed by atoms with van der Waals surface area (Å²) in [5.41, 5.74) is 4.31. The van der Waals surface area contributed by atoms with Crippen molar-refractivity contribution in [2.24, 2.45) is 10.5 Å². The van der Waals surface area contributed by atoms with Crippen molar-refractivity contribution in [3.8, 4) is 17.2 Å². The number of amides is 1. The molecule has 1 aliphatic heterocycles. The Kier molecular flexibility index (Phi) is 8.02. The molecule has 0 saturated carbocycles. The molecule has 1 N–H and O–H groups in total. The number of fused-ring (bicyclic) bond motifs is 1. The van der Waals surface area contributed by atoms with E-state index in [1.165, 1.54) is 6.07 Å². The van der Waals surface area contributed by atoms with Crippen LogP contribution in [0.3, 0.4) is 0 Å². The van der Waals surface area contributed by atoms with Crippen LogP contribution in [0, 0.1) is 15.5 Å². The van der Waals surface area contributed by atoms with Gasteiger partial charge in [-0.05, 0) is 59.6 Å². The van der Waals surface area contributed by atoms with E-state index in [-0.39, 0.29) is 29.1 Å². The third-order valence-electron chi connectivity index (χ3n) is 5.54. The van der Waals surface area contributed by atoms with Gasteiger partial charge in [-0.2, -0.15) is 5.10 Å². The molecule has 192 valence electrons. The topological polar surface area (TPSA) is 112 Å². The maximum Gasteiger partial charge on any atom is 0.311 e. The summed E-state index contributed by atoms with van der Waals surface area (Å²) in [4.78, 5) is 23.4. The zero-order valence-corrected chi connectivity index (χ0v) is 21.6. The van der Waals surface area contributed by atoms with Gasteiger partial charge in [0.15, 0.2) is 23.9 Å². The minimum absolute atomic E-state index is 0.0360. The van der Waals surface area contributed by atoms with Gasteiger partial charge in [-0.15, -0.1) is 0 Å². The maximum atomic E-state index is 12.2. The maximum absolute atomic E-state index is 12.2. The SMILES string of the molecule is CC(C=Cc1ccc2c(c1)OCO2)=NNC(=O)COc1ccc(C(C)(C)CC(C)(C)C)cc1[N+](=O)[O-]. The fourth-order valence-electron chi connectivity index (χ4n) is 4.23. The van der Waals surface area contributed by atoms with Gasteiger partial charge >= 0.3 is 5.69 Å². The molecule has 0 saturated heterocycles. The molecule has 1 heterocycles. The molecule has 0 aromatic heterocycles. The first-order valence-corrected chi connectivity index (χ1v) is 11.7. The molecule has 0 unspecified atom stereocenters. The highest BCUT2D eigenvalue weighted by molar-refractivity contribution is 5.97. The van der Waals surface area contributed by atoms with E-state index in [4.69, 9.17) is 14.2 Å². The summed E-state index contributed by atoms with van der Waals surface area (Å²) in [6.45, 7) is 12.1. The highest BCUT2D eigenvalue weighted by Crippen LogP contribution is 2.39. The highest BCUT2D eigenvalue weighted by atomic mass is 16.7. The number of nitrogens with one attached hydrogen (secondary N) is 1. The van der Waals surface area contributed by atoms with Crippen LogP contribution in [0.5, 0.6) is 17.2 Å². The first-order chi connectivity index (χ1) is 16.8. The Morgan fingerprint density at radius 3 is 2.56 bits per heavy atom. The van der Waals surface area contributed by atoms with E-state index in [9.17, 15) is 14.9 Å². The predicted octanol–water partition coefficient (Wildman–Crippen LogP) is 5.62. The number of nitrogens with zero attached hydrogens (tertiary/aromatic N) is 2. The minimum atomic E-state index is -0.530. The molecule has 1 aliphatic rings. The second-order valence-corrected chi connectivity index (χ2v) is 10.6. The summed E-state index contributed by atoms with van der Waals surface area (Å²) in [6, 6.07) is 10.4. The molecule has 9 heteroatoms. The fourth-order valence-corrected chi connectivity index (χ4v) is 4.23. The molecule has 1 amide bonds. The van der Waals surface area contributed by atoms with Gasteiger partial charge in [-0.1, -0.05) is 52.8 Å². The lowest BCUT2D eigenvalue weighted by Crippen LogP contribution is -2.26. The van der Waals surface area contributed by atoms with Crippen molar-refractivity contribution in [2.75, 3.05) is 13.4 Å². The molecule has 0 radical (unpaired) electrons. The molecule has 0 aliphatic carbocycles. The fraction of sp³-hybridized carbons (Fsp3) is 0.407. The quantitative estimate of drug-likeness (QED) is 0.274. The smallest absolute Gasteiger partial charge is 0.311 e. The van der Waals surface area contributed by atoms with E-state index in [0.717, 1.165) is 17.5 Å². The Balaban J connectivity index is 1.59. The van der Waals surface area contributed by atoms with Crippen LogP contribution in [-0.2, 0) is 10.2 Å². The van der Waals surface area contributed by atoms with E-state index < -0.39 is 17.4 Å². The number of carbonyl (C=O) groups is 1. The van der Waals surface area contributed by atoms with E-state index >= 15 is 0 Å². The Morgan fingerprint density at radius 2 is 1.86 bits per heavy atom. The van der Waals surface area contributed by atoms with Gasteiger partial charge in [0.2, 0.25) is 6.79 Å². The van der Waals surface area contributed by atoms with Crippen molar-refractivity contribution in [2.45, 2.75) is 53.4 Å². The average Bonchev–Trinajstić information content (AvgIpc) is 3.26. The van der Waals surface area contributed by atoms with Crippen molar-refractivity contribution < 1.29 is 23.9 Å². The van der Waals surface area contributed by atoms with E-state index in [2.05, 4.69) is 45.1 Å². The molecule has 0 atom stereocenters. The molecule has 36 heavy (non-hydrogen) atoms. The van der Waals surface area contributed by atoms with Gasteiger partial charge in [0, 0.05) is 6.07 Å². The van der Waals surface area contributed by atoms with E-state index in [0.29, 0.717) is 17.2 Å². The number of hydrazone groups is 1. The lowest BCUT2D eigenvalue weighted by molar-refractivity contribution is -0.385. The van der Waals surface area contributed by atoms with Crippen molar-refractivity contribution in [3.05, 3.63) is 63.7 Å². The molecule has 2 aromatic carbocycles. The number of allylic oxidation sites excluding steroid dienone is 1. The summed E-state index contributed by atoms with van der Waals surface area (Å²) in [7, 11) is 0. The molecular weight excluding hydrogens is 462 g/mol. The van der Waals surface area contributed by atoms with Crippen LogP contribution in [0.1, 0.15) is 59.1 Å². The van der Waals surface area contributed by atoms with Gasteiger partial charge in [-0.3, -0.25) is 14.9 Å². The first kappa shape index (κ1) is 26.7. The van der Waals surface area contributed by atoms with Crippen LogP contribution >= 0.6 is 0 Å². The molecule has 0 fully saturated rings. The van der Waals surface area contributed by atoms with Crippen LogP contribution < -0.4 is 19.6 Å². The predicted molar refractivity (Wildman–Crippen MR) is 139 cm³/mol. The van der Waals surface area contributed by atoms with Gasteiger partial charge in [0.05, 0.1) is 10.6 Å². The number of hydrogen-bond acceptors (Lipinski definition) is 7. The van der Waals surface area contributed by atoms with Crippen molar-refractivity contribution in [1.29, 1.82) is 0 Å². The lowest BCUT2D eigenvalue weighted by Gasteiger charge is -2.33. The number of benzene rings is 2. The Labute approximate surface area is 211 Å². The van der Waals surface area contributed by atoms with Gasteiger partial charge < -0.3 is 14.2 Å². The summed E-state index contributed by atoms with van der Waals surface area (Å²) < 4.78 is 16.1. The third kappa shape index (κ3) is 7.31. The van der Waals surface area contributed by atoms with Gasteiger partial charge in [0.25, 0.3) is 5.91 Å². The number of rotatable bonds is 9. The van der Waals surface area contributed by atoms with Crippen LogP contribution in [0.15, 0.2) is 47.6 Å². The third-order valence-corrected chi connectivity index (χ3v) is 5.54. The molecule has 9 nitrogen and oxygen atoms in total. The Hall–Kier alpha value is -3.88. The van der Waals surface area contributed by atoms with Gasteiger partial charge in [-0.25, -0.2) is 5.43 Å². The van der Waals surface area contributed by atoms with Crippen LogP contribution in [-0.4, -0.2) is 29.9 Å². The number of nitro groups is 1. The van der Waals surface area contributed by atoms with Gasteiger partial charge in [0.1, 0.15) is 0 Å². The lowest BCUT2D eigenvalue weighted by atomic mass is 9.72. The molecule has 2 aromatic rings. The van der Waals surface area contributed by atoms with Crippen molar-refractivity contribution in [1.82, 2.24) is 5.43 Å². The number of ether oxygens (including phenoxy) is 3. The number of hydrogen-bond donors (Lipinski definition) is 1. The minimum Gasteiger partial charge on any atom is -0.477 e. The summed E-state index contributed by atoms with van der Waals surface area (Å²) in [5.74, 6) is 0.886. The van der Waals surface area contributed by atoms with Crippen LogP contribution in [0.2, 0.25) is 0 Å². The second-order valence-electron chi connectivity index (χ2n) is 10.6. The van der Waals surface area contributed by atoms with Crippen LogP contribution in [0.4, 0.5) is 5.69 Å². The van der Waals surface area contributed by atoms with Crippen LogP contribution in [0.25, 0.3) is 6.08 Å². The molecule has 3 rings (SSSR count). The average molecular weight is 496 g/mol. The summed E-state index contributed by atoms with van der Waals surface area (Å²) in [6.07, 6.45) is 4.41. The highest BCUT2D eigenvalue weighted by Gasteiger charge is 2.30. The normalized spacial score (nSPS) is 13.7. The van der Waals surface area contributed by atoms with Crippen molar-refractivity contribution >= 4 is 23.4 Å². The summed E-state index contributed by atoms with van der Waals surface area (Å²) >= 11 is 0. The second kappa shape index (κ2) is 10.8. The Bertz CT molecular complexity index is 1190. The van der Waals surface area contributed by atoms with E-state index in [1.807, 2.05) is 30.3 Å².